The molecular weight excluding hydrogens is 228 g/mol. The van der Waals surface area contributed by atoms with Crippen molar-refractivity contribution in [1.29, 1.82) is 0 Å². The van der Waals surface area contributed by atoms with Gasteiger partial charge in [0.15, 0.2) is 5.69 Å². The molecule has 0 spiro atoms. The predicted octanol–water partition coefficient (Wildman–Crippen LogP) is 0.878. The van der Waals surface area contributed by atoms with Gasteiger partial charge in [0.05, 0.1) is 5.69 Å². The van der Waals surface area contributed by atoms with E-state index < -0.39 is 0 Å². The van der Waals surface area contributed by atoms with Gasteiger partial charge in [-0.25, -0.2) is 4.98 Å². The molecule has 2 heterocycles. The van der Waals surface area contributed by atoms with Crippen LogP contribution >= 0.6 is 0 Å². The average molecular weight is 248 g/mol. The topological polar surface area (TPSA) is 71.2 Å². The zero-order chi connectivity index (χ0) is 13.0. The number of hydrogen-bond acceptors (Lipinski definition) is 4. The van der Waals surface area contributed by atoms with Crippen LogP contribution in [0.3, 0.4) is 0 Å². The van der Waals surface area contributed by atoms with E-state index in [1.165, 1.54) is 12.8 Å². The van der Waals surface area contributed by atoms with Gasteiger partial charge < -0.3 is 16.0 Å². The lowest BCUT2D eigenvalue weighted by atomic mass is 10.2. The summed E-state index contributed by atoms with van der Waals surface area (Å²) >= 11 is 0. The monoisotopic (exact) mass is 248 g/mol. The first-order valence-electron chi connectivity index (χ1n) is 6.40. The minimum absolute atomic E-state index is 0.108. The van der Waals surface area contributed by atoms with Gasteiger partial charge in [0.2, 0.25) is 0 Å². The lowest BCUT2D eigenvalue weighted by molar-refractivity contribution is 0.0928. The molecule has 1 atom stereocenters. The third-order valence-corrected chi connectivity index (χ3v) is 3.16. The molecule has 2 rings (SSSR count). The van der Waals surface area contributed by atoms with Gasteiger partial charge in [0.25, 0.3) is 5.91 Å². The molecule has 3 N–H and O–H groups in total. The summed E-state index contributed by atoms with van der Waals surface area (Å²) in [6.45, 7) is 5.16. The summed E-state index contributed by atoms with van der Waals surface area (Å²) in [5.74, 6) is -0.195. The second-order valence-electron chi connectivity index (χ2n) is 4.82. The van der Waals surface area contributed by atoms with E-state index in [0.29, 0.717) is 11.4 Å². The Bertz CT molecular complexity index is 415. The number of nitrogens with one attached hydrogen (secondary N) is 1. The Hall–Kier alpha value is -1.62. The first kappa shape index (κ1) is 12.8. The number of aromatic nitrogens is 1. The van der Waals surface area contributed by atoms with Crippen molar-refractivity contribution in [3.05, 3.63) is 24.0 Å². The van der Waals surface area contributed by atoms with Crippen molar-refractivity contribution in [2.45, 2.75) is 25.8 Å². The molecule has 1 aromatic rings. The van der Waals surface area contributed by atoms with Gasteiger partial charge in [0, 0.05) is 18.8 Å². The maximum atomic E-state index is 12.0. The molecule has 1 aromatic heterocycles. The summed E-state index contributed by atoms with van der Waals surface area (Å²) in [6, 6.07) is 3.52. The Labute approximate surface area is 107 Å². The number of nitrogens with zero attached hydrogens (tertiary/aromatic N) is 2. The number of nitrogen functional groups attached to an aromatic ring is 1. The van der Waals surface area contributed by atoms with E-state index in [-0.39, 0.29) is 11.9 Å². The van der Waals surface area contributed by atoms with Gasteiger partial charge in [-0.2, -0.15) is 0 Å². The van der Waals surface area contributed by atoms with Gasteiger partial charge in [-0.3, -0.25) is 4.79 Å². The highest BCUT2D eigenvalue weighted by Crippen LogP contribution is 2.09. The molecule has 5 heteroatoms. The molecule has 0 aromatic carbocycles. The summed E-state index contributed by atoms with van der Waals surface area (Å²) in [5.41, 5.74) is 6.46. The highest BCUT2D eigenvalue weighted by molar-refractivity contribution is 5.97. The van der Waals surface area contributed by atoms with Crippen molar-refractivity contribution < 1.29 is 4.79 Å². The van der Waals surface area contributed by atoms with E-state index in [1.807, 2.05) is 6.92 Å². The number of anilines is 1. The number of amides is 1. The zero-order valence-corrected chi connectivity index (χ0v) is 10.7. The van der Waals surface area contributed by atoms with Crippen LogP contribution in [0.25, 0.3) is 0 Å². The number of hydrogen-bond donors (Lipinski definition) is 2. The Balaban J connectivity index is 1.88. The molecule has 5 nitrogen and oxygen atoms in total. The van der Waals surface area contributed by atoms with E-state index in [4.69, 9.17) is 5.73 Å². The highest BCUT2D eigenvalue weighted by Gasteiger charge is 2.17. The van der Waals surface area contributed by atoms with Crippen LogP contribution in [0.4, 0.5) is 5.69 Å². The molecule has 18 heavy (non-hydrogen) atoms. The van der Waals surface area contributed by atoms with Crippen LogP contribution in [-0.2, 0) is 0 Å². The van der Waals surface area contributed by atoms with Crippen molar-refractivity contribution in [1.82, 2.24) is 15.2 Å². The predicted molar refractivity (Wildman–Crippen MR) is 71.3 cm³/mol. The summed E-state index contributed by atoms with van der Waals surface area (Å²) in [7, 11) is 0. The number of carbonyl (C=O) groups is 1. The molecule has 1 aliphatic rings. The van der Waals surface area contributed by atoms with Crippen LogP contribution in [0.1, 0.15) is 30.3 Å². The number of rotatable bonds is 4. The molecule has 1 fully saturated rings. The number of nitrogens with two attached hydrogens (primary N) is 1. The molecule has 98 valence electrons. The SMILES string of the molecule is CC(CN1CCCC1)NC(=O)c1ncccc1N. The average Bonchev–Trinajstić information content (AvgIpc) is 2.82. The van der Waals surface area contributed by atoms with E-state index in [2.05, 4.69) is 15.2 Å². The Morgan fingerprint density at radius 1 is 1.56 bits per heavy atom. The molecular formula is C13H20N4O. The fourth-order valence-corrected chi connectivity index (χ4v) is 2.30. The van der Waals surface area contributed by atoms with E-state index in [0.717, 1.165) is 19.6 Å². The first-order valence-corrected chi connectivity index (χ1v) is 6.40. The van der Waals surface area contributed by atoms with Crippen LogP contribution in [0.2, 0.25) is 0 Å². The van der Waals surface area contributed by atoms with Crippen molar-refractivity contribution >= 4 is 11.6 Å². The molecule has 0 saturated carbocycles. The Kier molecular flexibility index (Phi) is 4.15. The summed E-state index contributed by atoms with van der Waals surface area (Å²) in [5, 5.41) is 2.94. The summed E-state index contributed by atoms with van der Waals surface area (Å²) in [4.78, 5) is 18.4. The molecule has 1 unspecified atom stereocenters. The van der Waals surface area contributed by atoms with E-state index >= 15 is 0 Å². The third-order valence-electron chi connectivity index (χ3n) is 3.16. The molecule has 1 amide bonds. The Morgan fingerprint density at radius 3 is 2.94 bits per heavy atom. The molecule has 1 aliphatic heterocycles. The molecule has 0 aliphatic carbocycles. The second-order valence-corrected chi connectivity index (χ2v) is 4.82. The van der Waals surface area contributed by atoms with Crippen molar-refractivity contribution in [2.75, 3.05) is 25.4 Å². The van der Waals surface area contributed by atoms with Crippen LogP contribution in [0.5, 0.6) is 0 Å². The summed E-state index contributed by atoms with van der Waals surface area (Å²) in [6.07, 6.45) is 4.10. The highest BCUT2D eigenvalue weighted by atomic mass is 16.2. The number of likely N-dealkylation sites (tertiary alicyclic amines) is 1. The van der Waals surface area contributed by atoms with Crippen molar-refractivity contribution in [2.24, 2.45) is 0 Å². The standard InChI is InChI=1S/C13H20N4O/c1-10(9-17-7-2-3-8-17)16-13(18)12-11(14)5-4-6-15-12/h4-6,10H,2-3,7-9,14H2,1H3,(H,16,18). The van der Waals surface area contributed by atoms with Crippen LogP contribution in [0.15, 0.2) is 18.3 Å². The lowest BCUT2D eigenvalue weighted by Crippen LogP contribution is -2.41. The fourth-order valence-electron chi connectivity index (χ4n) is 2.30. The van der Waals surface area contributed by atoms with Gasteiger partial charge in [-0.15, -0.1) is 0 Å². The largest absolute Gasteiger partial charge is 0.397 e. The first-order chi connectivity index (χ1) is 8.66. The van der Waals surface area contributed by atoms with Crippen LogP contribution in [0, 0.1) is 0 Å². The third kappa shape index (κ3) is 3.20. The van der Waals surface area contributed by atoms with E-state index in [1.54, 1.807) is 18.3 Å². The number of pyridine rings is 1. The molecule has 1 saturated heterocycles. The van der Waals surface area contributed by atoms with E-state index in [9.17, 15) is 4.79 Å². The normalized spacial score (nSPS) is 17.6. The molecule has 0 radical (unpaired) electrons. The quantitative estimate of drug-likeness (QED) is 0.829. The lowest BCUT2D eigenvalue weighted by Gasteiger charge is -2.21. The smallest absolute Gasteiger partial charge is 0.272 e. The van der Waals surface area contributed by atoms with Gasteiger partial charge in [-0.1, -0.05) is 0 Å². The minimum atomic E-state index is -0.195. The Morgan fingerprint density at radius 2 is 2.28 bits per heavy atom. The van der Waals surface area contributed by atoms with Crippen LogP contribution in [-0.4, -0.2) is 41.5 Å². The number of carbonyl (C=O) groups excluding carboxylic acids is 1. The van der Waals surface area contributed by atoms with Crippen LogP contribution < -0.4 is 11.1 Å². The van der Waals surface area contributed by atoms with Crippen molar-refractivity contribution in [3.63, 3.8) is 0 Å². The van der Waals surface area contributed by atoms with Gasteiger partial charge >= 0.3 is 0 Å². The maximum absolute atomic E-state index is 12.0. The zero-order valence-electron chi connectivity index (χ0n) is 10.7. The maximum Gasteiger partial charge on any atom is 0.272 e. The molecule has 0 bridgehead atoms. The second kappa shape index (κ2) is 5.82. The van der Waals surface area contributed by atoms with Gasteiger partial charge in [0.1, 0.15) is 0 Å². The van der Waals surface area contributed by atoms with Gasteiger partial charge in [-0.05, 0) is 45.0 Å². The minimum Gasteiger partial charge on any atom is -0.397 e. The fraction of sp³-hybridized carbons (Fsp3) is 0.538. The summed E-state index contributed by atoms with van der Waals surface area (Å²) < 4.78 is 0. The van der Waals surface area contributed by atoms with Crippen molar-refractivity contribution in [3.8, 4) is 0 Å².